The summed E-state index contributed by atoms with van der Waals surface area (Å²) in [6, 6.07) is 16.5. The minimum Gasteiger partial charge on any atom is -0.457 e. The molecule has 2 aliphatic heterocycles. The molecule has 212 valence electrons. The van der Waals surface area contributed by atoms with Crippen LogP contribution in [-0.4, -0.2) is 34.3 Å². The fourth-order valence-electron chi connectivity index (χ4n) is 5.11. The summed E-state index contributed by atoms with van der Waals surface area (Å²) in [6.45, 7) is 6.25. The number of benzene rings is 2. The summed E-state index contributed by atoms with van der Waals surface area (Å²) in [4.78, 5) is 48.3. The Hall–Kier alpha value is -4.96. The Morgan fingerprint density at radius 2 is 1.88 bits per heavy atom. The van der Waals surface area contributed by atoms with Crippen LogP contribution in [0.5, 0.6) is 11.5 Å². The van der Waals surface area contributed by atoms with E-state index in [1.54, 1.807) is 34.3 Å². The maximum absolute atomic E-state index is 13.6. The highest BCUT2D eigenvalue weighted by Gasteiger charge is 2.33. The molecule has 6 rings (SSSR count). The first-order chi connectivity index (χ1) is 20.3. The maximum Gasteiger partial charge on any atom is 0.331 e. The molecule has 0 saturated heterocycles. The first-order valence-corrected chi connectivity index (χ1v) is 14.4. The zero-order valence-electron chi connectivity index (χ0n) is 23.4. The summed E-state index contributed by atoms with van der Waals surface area (Å²) >= 11 is 1.22. The number of amides is 4. The fourth-order valence-corrected chi connectivity index (χ4v) is 6.12. The molecule has 2 aromatic carbocycles. The number of hydrogen-bond donors (Lipinski definition) is 2. The second-order valence-electron chi connectivity index (χ2n) is 10.4. The van der Waals surface area contributed by atoms with E-state index in [-0.39, 0.29) is 17.8 Å². The Bertz CT molecular complexity index is 1790. The predicted molar refractivity (Wildman–Crippen MR) is 164 cm³/mol. The van der Waals surface area contributed by atoms with E-state index in [2.05, 4.69) is 15.6 Å². The Labute approximate surface area is 247 Å². The third-order valence-electron chi connectivity index (χ3n) is 6.97. The number of aromatic nitrogens is 1. The standard InChI is InChI=1S/C32H29N5O4S/c1-19(2)16-26(38)36-15-7-8-21(18-36)34-30(39)29-28-27-25(13-14-33-31(27)42-29)37(32(40)35-28)24-12-11-23(17-20(24)3)41-22-9-5-4-6-10-22/h4-6,9-14,16-18H,7-8,15H2,1-3H3,(H,34,39)(H,35,40). The Balaban J connectivity index is 1.30. The van der Waals surface area contributed by atoms with E-state index in [1.807, 2.05) is 69.3 Å². The summed E-state index contributed by atoms with van der Waals surface area (Å²) in [6.07, 6.45) is 6.29. The van der Waals surface area contributed by atoms with Crippen molar-refractivity contribution in [2.45, 2.75) is 33.6 Å². The summed E-state index contributed by atoms with van der Waals surface area (Å²) in [5.74, 6) is 0.915. The van der Waals surface area contributed by atoms with Crippen molar-refractivity contribution in [2.75, 3.05) is 16.8 Å². The number of ether oxygens (including phenoxy) is 1. The van der Waals surface area contributed by atoms with Crippen molar-refractivity contribution in [2.24, 2.45) is 0 Å². The number of allylic oxidation sites excluding steroid dienone is 2. The van der Waals surface area contributed by atoms with Gasteiger partial charge in [0, 0.05) is 30.7 Å². The molecule has 0 aliphatic carbocycles. The molecule has 2 N–H and O–H groups in total. The van der Waals surface area contributed by atoms with Crippen molar-refractivity contribution in [1.82, 2.24) is 15.2 Å². The zero-order valence-corrected chi connectivity index (χ0v) is 24.2. The highest BCUT2D eigenvalue weighted by atomic mass is 32.1. The first kappa shape index (κ1) is 27.2. The van der Waals surface area contributed by atoms with Gasteiger partial charge in [-0.1, -0.05) is 23.8 Å². The van der Waals surface area contributed by atoms with Gasteiger partial charge in [0.25, 0.3) is 5.91 Å². The van der Waals surface area contributed by atoms with Gasteiger partial charge in [-0.25, -0.2) is 9.78 Å². The molecule has 4 heterocycles. The summed E-state index contributed by atoms with van der Waals surface area (Å²) < 4.78 is 5.97. The number of urea groups is 1. The van der Waals surface area contributed by atoms with Gasteiger partial charge >= 0.3 is 6.03 Å². The molecular formula is C32H29N5O4S. The molecule has 2 aliphatic rings. The van der Waals surface area contributed by atoms with Gasteiger partial charge in [-0.3, -0.25) is 14.5 Å². The molecule has 0 spiro atoms. The quantitative estimate of drug-likeness (QED) is 0.234. The second kappa shape index (κ2) is 11.1. The van der Waals surface area contributed by atoms with Crippen LogP contribution in [0.4, 0.5) is 21.9 Å². The molecule has 4 amide bonds. The van der Waals surface area contributed by atoms with Crippen LogP contribution in [0.2, 0.25) is 0 Å². The predicted octanol–water partition coefficient (Wildman–Crippen LogP) is 7.24. The Morgan fingerprint density at radius 1 is 1.07 bits per heavy atom. The third-order valence-corrected chi connectivity index (χ3v) is 8.06. The van der Waals surface area contributed by atoms with Gasteiger partial charge in [0.2, 0.25) is 5.91 Å². The first-order valence-electron chi connectivity index (χ1n) is 13.6. The highest BCUT2D eigenvalue weighted by molar-refractivity contribution is 7.21. The summed E-state index contributed by atoms with van der Waals surface area (Å²) in [7, 11) is 0. The lowest BCUT2D eigenvalue weighted by molar-refractivity contribution is -0.123. The lowest BCUT2D eigenvalue weighted by Gasteiger charge is -2.29. The number of rotatable bonds is 6. The molecule has 10 heteroatoms. The van der Waals surface area contributed by atoms with E-state index in [0.29, 0.717) is 56.6 Å². The number of hydrogen-bond acceptors (Lipinski definition) is 6. The van der Waals surface area contributed by atoms with Crippen LogP contribution < -0.4 is 20.3 Å². The molecule has 9 nitrogen and oxygen atoms in total. The number of nitrogens with one attached hydrogen (secondary N) is 2. The summed E-state index contributed by atoms with van der Waals surface area (Å²) in [5, 5.41) is 6.60. The van der Waals surface area contributed by atoms with E-state index in [9.17, 15) is 14.4 Å². The third kappa shape index (κ3) is 5.24. The molecule has 0 bridgehead atoms. The fraction of sp³-hybridized carbons (Fsp3) is 0.188. The number of para-hydroxylation sites is 1. The molecule has 0 saturated carbocycles. The molecule has 0 unspecified atom stereocenters. The number of aryl methyl sites for hydroxylation is 1. The van der Waals surface area contributed by atoms with Crippen LogP contribution in [0.25, 0.3) is 10.2 Å². The maximum atomic E-state index is 13.6. The van der Waals surface area contributed by atoms with Crippen LogP contribution >= 0.6 is 11.3 Å². The monoisotopic (exact) mass is 579 g/mol. The van der Waals surface area contributed by atoms with E-state index >= 15 is 0 Å². The lowest BCUT2D eigenvalue weighted by Crippen LogP contribution is -2.35. The highest BCUT2D eigenvalue weighted by Crippen LogP contribution is 2.46. The van der Waals surface area contributed by atoms with Crippen molar-refractivity contribution >= 4 is 56.5 Å². The SMILES string of the molecule is CC(C)=CC(=O)N1C=C(NC(=O)c2sc3nccc4c3c2NC(=O)N4c2ccc(Oc3ccccc3)cc2C)CCC1. The normalized spacial score (nSPS) is 14.3. The summed E-state index contributed by atoms with van der Waals surface area (Å²) in [5.41, 5.74) is 4.18. The molecule has 0 atom stereocenters. The Kier molecular flexibility index (Phi) is 7.22. The average molecular weight is 580 g/mol. The lowest BCUT2D eigenvalue weighted by atomic mass is 10.1. The van der Waals surface area contributed by atoms with Gasteiger partial charge in [0.05, 0.1) is 22.4 Å². The van der Waals surface area contributed by atoms with E-state index in [0.717, 1.165) is 23.3 Å². The number of carbonyl (C=O) groups is 3. The molecular weight excluding hydrogens is 550 g/mol. The van der Waals surface area contributed by atoms with Gasteiger partial charge in [0.1, 0.15) is 21.2 Å². The molecule has 42 heavy (non-hydrogen) atoms. The molecule has 4 aromatic rings. The van der Waals surface area contributed by atoms with Crippen molar-refractivity contribution in [3.8, 4) is 11.5 Å². The van der Waals surface area contributed by atoms with E-state index in [4.69, 9.17) is 4.74 Å². The van der Waals surface area contributed by atoms with E-state index in [1.165, 1.54) is 11.3 Å². The number of nitrogens with zero attached hydrogens (tertiary/aromatic N) is 3. The van der Waals surface area contributed by atoms with Crippen LogP contribution in [0.1, 0.15) is 41.9 Å². The van der Waals surface area contributed by atoms with Crippen LogP contribution in [0, 0.1) is 6.92 Å². The smallest absolute Gasteiger partial charge is 0.331 e. The van der Waals surface area contributed by atoms with Gasteiger partial charge in [-0.05, 0) is 75.6 Å². The van der Waals surface area contributed by atoms with Crippen LogP contribution in [-0.2, 0) is 4.79 Å². The van der Waals surface area contributed by atoms with Crippen molar-refractivity contribution in [1.29, 1.82) is 0 Å². The van der Waals surface area contributed by atoms with E-state index < -0.39 is 0 Å². The molecule has 2 aromatic heterocycles. The Morgan fingerprint density at radius 3 is 2.64 bits per heavy atom. The molecule has 0 radical (unpaired) electrons. The van der Waals surface area contributed by atoms with Crippen LogP contribution in [0.15, 0.2) is 84.3 Å². The number of thiophene rings is 1. The van der Waals surface area contributed by atoms with Crippen molar-refractivity contribution < 1.29 is 19.1 Å². The van der Waals surface area contributed by atoms with Crippen molar-refractivity contribution in [3.63, 3.8) is 0 Å². The second-order valence-corrected chi connectivity index (χ2v) is 11.4. The topological polar surface area (TPSA) is 104 Å². The number of carbonyl (C=O) groups excluding carboxylic acids is 3. The largest absolute Gasteiger partial charge is 0.457 e. The average Bonchev–Trinajstić information content (AvgIpc) is 3.34. The minimum atomic E-state index is -0.377. The van der Waals surface area contributed by atoms with Gasteiger partial charge in [-0.2, -0.15) is 0 Å². The van der Waals surface area contributed by atoms with Gasteiger partial charge in [0.15, 0.2) is 0 Å². The number of anilines is 3. The minimum absolute atomic E-state index is 0.116. The zero-order chi connectivity index (χ0) is 29.4. The number of pyridine rings is 1. The van der Waals surface area contributed by atoms with Crippen LogP contribution in [0.3, 0.4) is 0 Å². The van der Waals surface area contributed by atoms with Gasteiger partial charge < -0.3 is 20.3 Å². The van der Waals surface area contributed by atoms with Gasteiger partial charge in [-0.15, -0.1) is 11.3 Å². The molecule has 0 fully saturated rings. The van der Waals surface area contributed by atoms with Crippen molar-refractivity contribution in [3.05, 3.63) is 94.8 Å².